The number of ether oxygens (including phenoxy) is 1. The maximum absolute atomic E-state index is 5.70. The average molecular weight is 219 g/mol. The van der Waals surface area contributed by atoms with Gasteiger partial charge in [0, 0.05) is 12.5 Å². The summed E-state index contributed by atoms with van der Waals surface area (Å²) in [5.41, 5.74) is 7.66. The van der Waals surface area contributed by atoms with Crippen LogP contribution in [0.4, 0.5) is 0 Å². The molecule has 0 amide bonds. The number of imidazole rings is 1. The van der Waals surface area contributed by atoms with Gasteiger partial charge in [-0.25, -0.2) is 4.98 Å². The molecule has 16 heavy (non-hydrogen) atoms. The van der Waals surface area contributed by atoms with Gasteiger partial charge < -0.3 is 10.5 Å². The molecule has 2 heterocycles. The monoisotopic (exact) mass is 219 g/mol. The second-order valence-corrected chi connectivity index (χ2v) is 4.06. The lowest BCUT2D eigenvalue weighted by atomic mass is 10.2. The first-order chi connectivity index (χ1) is 7.69. The second kappa shape index (κ2) is 4.14. The number of rotatable bonds is 3. The van der Waals surface area contributed by atoms with Crippen LogP contribution >= 0.6 is 0 Å². The van der Waals surface area contributed by atoms with Crippen LogP contribution < -0.4 is 10.5 Å². The fraction of sp³-hybridized carbons (Fsp3) is 0.417. The zero-order valence-corrected chi connectivity index (χ0v) is 9.90. The van der Waals surface area contributed by atoms with Gasteiger partial charge in [0.1, 0.15) is 5.82 Å². The normalized spacial score (nSPS) is 11.3. The van der Waals surface area contributed by atoms with Crippen molar-refractivity contribution in [1.82, 2.24) is 9.38 Å². The highest BCUT2D eigenvalue weighted by molar-refractivity contribution is 5.56. The Bertz CT molecular complexity index is 502. The molecule has 0 aromatic carbocycles. The van der Waals surface area contributed by atoms with Crippen molar-refractivity contribution in [3.05, 3.63) is 29.7 Å². The zero-order valence-electron chi connectivity index (χ0n) is 9.90. The lowest BCUT2D eigenvalue weighted by Crippen LogP contribution is -2.00. The predicted octanol–water partition coefficient (Wildman–Crippen LogP) is 1.92. The highest BCUT2D eigenvalue weighted by Crippen LogP contribution is 2.24. The average Bonchev–Trinajstić information content (AvgIpc) is 2.67. The predicted molar refractivity (Wildman–Crippen MR) is 63.7 cm³/mol. The molecule has 0 fully saturated rings. The van der Waals surface area contributed by atoms with Crippen LogP contribution in [0.3, 0.4) is 0 Å². The van der Waals surface area contributed by atoms with E-state index >= 15 is 0 Å². The zero-order chi connectivity index (χ0) is 11.7. The number of methoxy groups -OCH3 is 1. The first-order valence-corrected chi connectivity index (χ1v) is 5.43. The molecule has 0 aliphatic heterocycles. The molecule has 2 N–H and O–H groups in total. The second-order valence-electron chi connectivity index (χ2n) is 4.06. The smallest absolute Gasteiger partial charge is 0.199 e. The number of nitrogens with zero attached hydrogens (tertiary/aromatic N) is 2. The maximum Gasteiger partial charge on any atom is 0.199 e. The molecule has 86 valence electrons. The van der Waals surface area contributed by atoms with Crippen LogP contribution in [0.5, 0.6) is 5.88 Å². The van der Waals surface area contributed by atoms with Crippen molar-refractivity contribution in [3.63, 3.8) is 0 Å². The number of hydrogen-bond donors (Lipinski definition) is 1. The van der Waals surface area contributed by atoms with Crippen molar-refractivity contribution in [1.29, 1.82) is 0 Å². The number of fused-ring (bicyclic) bond motifs is 1. The number of pyridine rings is 1. The van der Waals surface area contributed by atoms with Crippen molar-refractivity contribution >= 4 is 5.52 Å². The van der Waals surface area contributed by atoms with Crippen LogP contribution in [0.2, 0.25) is 0 Å². The van der Waals surface area contributed by atoms with Crippen LogP contribution in [0.15, 0.2) is 18.2 Å². The van der Waals surface area contributed by atoms with Gasteiger partial charge in [0.2, 0.25) is 0 Å². The summed E-state index contributed by atoms with van der Waals surface area (Å²) in [6.07, 6.45) is 0. The molecule has 0 unspecified atom stereocenters. The molecule has 0 radical (unpaired) electrons. The van der Waals surface area contributed by atoms with Gasteiger partial charge >= 0.3 is 0 Å². The number of hydrogen-bond acceptors (Lipinski definition) is 3. The SMILES string of the molecule is COc1cccc2c(CN)nc(C(C)C)n12. The molecule has 0 saturated heterocycles. The Morgan fingerprint density at radius 1 is 1.44 bits per heavy atom. The summed E-state index contributed by atoms with van der Waals surface area (Å²) in [5, 5.41) is 0. The van der Waals surface area contributed by atoms with E-state index < -0.39 is 0 Å². The first kappa shape index (κ1) is 11.0. The van der Waals surface area contributed by atoms with Crippen molar-refractivity contribution < 1.29 is 4.74 Å². The van der Waals surface area contributed by atoms with Gasteiger partial charge in [-0.1, -0.05) is 19.9 Å². The van der Waals surface area contributed by atoms with Gasteiger partial charge in [0.25, 0.3) is 0 Å². The van der Waals surface area contributed by atoms with Gasteiger partial charge in [0.05, 0.1) is 18.3 Å². The Balaban J connectivity index is 2.80. The largest absolute Gasteiger partial charge is 0.482 e. The minimum absolute atomic E-state index is 0.337. The van der Waals surface area contributed by atoms with Crippen molar-refractivity contribution in [3.8, 4) is 5.88 Å². The van der Waals surface area contributed by atoms with Crippen molar-refractivity contribution in [2.24, 2.45) is 5.73 Å². The standard InChI is InChI=1S/C12H17N3O/c1-8(2)12-14-9(7-13)10-5-4-6-11(16-3)15(10)12/h4-6,8H,7,13H2,1-3H3. The van der Waals surface area contributed by atoms with Crippen LogP contribution in [0.1, 0.15) is 31.3 Å². The summed E-state index contributed by atoms with van der Waals surface area (Å²) >= 11 is 0. The third-order valence-corrected chi connectivity index (χ3v) is 2.65. The fourth-order valence-corrected chi connectivity index (χ4v) is 1.89. The Kier molecular flexibility index (Phi) is 2.83. The van der Waals surface area contributed by atoms with E-state index in [1.165, 1.54) is 0 Å². The van der Waals surface area contributed by atoms with E-state index in [1.807, 2.05) is 22.6 Å². The molecular weight excluding hydrogens is 202 g/mol. The fourth-order valence-electron chi connectivity index (χ4n) is 1.89. The van der Waals surface area contributed by atoms with E-state index in [4.69, 9.17) is 10.5 Å². The first-order valence-electron chi connectivity index (χ1n) is 5.43. The summed E-state index contributed by atoms with van der Waals surface area (Å²) in [7, 11) is 1.67. The van der Waals surface area contributed by atoms with E-state index in [0.717, 1.165) is 22.9 Å². The van der Waals surface area contributed by atoms with Gasteiger partial charge in [-0.3, -0.25) is 4.40 Å². The third kappa shape index (κ3) is 1.55. The van der Waals surface area contributed by atoms with Crippen LogP contribution in [-0.4, -0.2) is 16.5 Å². The minimum Gasteiger partial charge on any atom is -0.482 e. The van der Waals surface area contributed by atoms with E-state index in [9.17, 15) is 0 Å². The Morgan fingerprint density at radius 2 is 2.19 bits per heavy atom. The van der Waals surface area contributed by atoms with E-state index in [-0.39, 0.29) is 0 Å². The summed E-state index contributed by atoms with van der Waals surface area (Å²) in [6, 6.07) is 5.91. The molecule has 0 spiro atoms. The molecule has 4 nitrogen and oxygen atoms in total. The Labute approximate surface area is 95.0 Å². The Hall–Kier alpha value is -1.55. The lowest BCUT2D eigenvalue weighted by Gasteiger charge is -2.08. The molecule has 2 aromatic rings. The van der Waals surface area contributed by atoms with Gasteiger partial charge in [-0.05, 0) is 12.1 Å². The highest BCUT2D eigenvalue weighted by Gasteiger charge is 2.15. The molecule has 2 aromatic heterocycles. The summed E-state index contributed by atoms with van der Waals surface area (Å²) < 4.78 is 7.39. The highest BCUT2D eigenvalue weighted by atomic mass is 16.5. The molecular formula is C12H17N3O. The minimum atomic E-state index is 0.337. The van der Waals surface area contributed by atoms with Crippen molar-refractivity contribution in [2.75, 3.05) is 7.11 Å². The van der Waals surface area contributed by atoms with Crippen LogP contribution in [0, 0.1) is 0 Å². The Morgan fingerprint density at radius 3 is 2.75 bits per heavy atom. The molecule has 2 rings (SSSR count). The molecule has 0 bridgehead atoms. The van der Waals surface area contributed by atoms with Gasteiger partial charge in [0.15, 0.2) is 5.88 Å². The van der Waals surface area contributed by atoms with Gasteiger partial charge in [-0.15, -0.1) is 0 Å². The van der Waals surface area contributed by atoms with Gasteiger partial charge in [-0.2, -0.15) is 0 Å². The molecule has 0 aliphatic carbocycles. The third-order valence-electron chi connectivity index (χ3n) is 2.65. The summed E-state index contributed by atoms with van der Waals surface area (Å²) in [4.78, 5) is 4.57. The molecule has 0 atom stereocenters. The lowest BCUT2D eigenvalue weighted by molar-refractivity contribution is 0.389. The van der Waals surface area contributed by atoms with Crippen molar-refractivity contribution in [2.45, 2.75) is 26.3 Å². The van der Waals surface area contributed by atoms with Crippen LogP contribution in [0.25, 0.3) is 5.52 Å². The van der Waals surface area contributed by atoms with E-state index in [1.54, 1.807) is 7.11 Å². The molecule has 0 saturated carbocycles. The molecule has 0 aliphatic rings. The summed E-state index contributed by atoms with van der Waals surface area (Å²) in [5.74, 6) is 2.13. The van der Waals surface area contributed by atoms with E-state index in [2.05, 4.69) is 18.8 Å². The number of nitrogens with two attached hydrogens (primary N) is 1. The molecule has 4 heteroatoms. The quantitative estimate of drug-likeness (QED) is 0.858. The van der Waals surface area contributed by atoms with Crippen LogP contribution in [-0.2, 0) is 6.54 Å². The number of aromatic nitrogens is 2. The summed E-state index contributed by atoms with van der Waals surface area (Å²) in [6.45, 7) is 4.67. The topological polar surface area (TPSA) is 52.5 Å². The van der Waals surface area contributed by atoms with E-state index in [0.29, 0.717) is 12.5 Å². The maximum atomic E-state index is 5.70.